The van der Waals surface area contributed by atoms with Crippen LogP contribution in [0.1, 0.15) is 12.0 Å². The van der Waals surface area contributed by atoms with Crippen LogP contribution in [-0.2, 0) is 20.7 Å². The van der Waals surface area contributed by atoms with Crippen LogP contribution in [0, 0.1) is 0 Å². The number of carbonyl (C=O) groups excluding carboxylic acids is 3. The first-order valence-electron chi connectivity index (χ1n) is 8.08. The lowest BCUT2D eigenvalue weighted by molar-refractivity contribution is -0.213. The Bertz CT molecular complexity index is 979. The predicted octanol–water partition coefficient (Wildman–Crippen LogP) is 1.51. The highest BCUT2D eigenvalue weighted by Gasteiger charge is 2.55. The Morgan fingerprint density at radius 2 is 2.00 bits per heavy atom. The molecule has 1 aliphatic heterocycles. The van der Waals surface area contributed by atoms with Crippen molar-refractivity contribution in [3.05, 3.63) is 36.0 Å². The molecule has 2 heterocycles. The van der Waals surface area contributed by atoms with Gasteiger partial charge in [0.25, 0.3) is 5.91 Å². The number of ether oxygens (including phenoxy) is 1. The van der Waals surface area contributed by atoms with Gasteiger partial charge in [-0.2, -0.15) is 13.2 Å². The van der Waals surface area contributed by atoms with Crippen molar-refractivity contribution < 1.29 is 32.3 Å². The number of nitrogens with zero attached hydrogens (tertiary/aromatic N) is 2. The maximum absolute atomic E-state index is 12.7. The van der Waals surface area contributed by atoms with Crippen molar-refractivity contribution in [3.63, 3.8) is 0 Å². The van der Waals surface area contributed by atoms with Crippen molar-refractivity contribution in [2.45, 2.75) is 24.6 Å². The number of nitrogen functional groups attached to an aromatic ring is 1. The molecule has 28 heavy (non-hydrogen) atoms. The number of hydrogen-bond donors (Lipinski definition) is 2. The number of nitrogens with two attached hydrogens (primary N) is 2. The molecule has 0 saturated carbocycles. The maximum atomic E-state index is 12.7. The Labute approximate surface area is 156 Å². The van der Waals surface area contributed by atoms with E-state index in [1.807, 2.05) is 0 Å². The summed E-state index contributed by atoms with van der Waals surface area (Å²) in [4.78, 5) is 40.1. The van der Waals surface area contributed by atoms with Crippen molar-refractivity contribution in [1.82, 2.24) is 9.88 Å². The SMILES string of the molecule is NC(=O)N1CC[C@](Cc2ccc3nccc(N)c3c2)(OC(=O)C(F)(F)F)C1=O. The molecule has 2 aromatic rings. The zero-order valence-electron chi connectivity index (χ0n) is 14.3. The third kappa shape index (κ3) is 3.42. The Morgan fingerprint density at radius 1 is 1.29 bits per heavy atom. The first kappa shape index (κ1) is 19.4. The van der Waals surface area contributed by atoms with Crippen LogP contribution in [0.25, 0.3) is 10.9 Å². The van der Waals surface area contributed by atoms with Crippen LogP contribution in [0.5, 0.6) is 0 Å². The highest BCUT2D eigenvalue weighted by Crippen LogP contribution is 2.34. The molecule has 3 amide bonds. The Morgan fingerprint density at radius 3 is 2.61 bits per heavy atom. The number of alkyl halides is 3. The topological polar surface area (TPSA) is 129 Å². The molecule has 148 valence electrons. The number of amides is 3. The minimum absolute atomic E-state index is 0.267. The summed E-state index contributed by atoms with van der Waals surface area (Å²) >= 11 is 0. The number of halogens is 3. The number of esters is 1. The first-order valence-corrected chi connectivity index (χ1v) is 8.08. The average molecular weight is 396 g/mol. The highest BCUT2D eigenvalue weighted by atomic mass is 19.4. The van der Waals surface area contributed by atoms with Crippen LogP contribution in [0.2, 0.25) is 0 Å². The quantitative estimate of drug-likeness (QED) is 0.757. The second-order valence-corrected chi connectivity index (χ2v) is 6.36. The molecule has 0 radical (unpaired) electrons. The zero-order valence-corrected chi connectivity index (χ0v) is 14.3. The molecule has 8 nitrogen and oxygen atoms in total. The van der Waals surface area contributed by atoms with Gasteiger partial charge in [0.15, 0.2) is 5.60 Å². The summed E-state index contributed by atoms with van der Waals surface area (Å²) in [5.41, 5.74) is 10.1. The Kier molecular flexibility index (Phi) is 4.61. The van der Waals surface area contributed by atoms with E-state index in [0.29, 0.717) is 27.1 Å². The number of hydrogen-bond acceptors (Lipinski definition) is 6. The van der Waals surface area contributed by atoms with Gasteiger partial charge in [-0.25, -0.2) is 9.59 Å². The number of benzene rings is 1. The molecule has 1 atom stereocenters. The normalized spacial score (nSPS) is 19.8. The molecule has 0 bridgehead atoms. The van der Waals surface area contributed by atoms with Gasteiger partial charge in [-0.1, -0.05) is 6.07 Å². The number of fused-ring (bicyclic) bond motifs is 1. The summed E-state index contributed by atoms with van der Waals surface area (Å²) in [5.74, 6) is -3.62. The van der Waals surface area contributed by atoms with Gasteiger partial charge < -0.3 is 16.2 Å². The van der Waals surface area contributed by atoms with E-state index in [4.69, 9.17) is 11.5 Å². The van der Waals surface area contributed by atoms with E-state index in [0.717, 1.165) is 0 Å². The monoisotopic (exact) mass is 396 g/mol. The molecule has 0 aliphatic carbocycles. The van der Waals surface area contributed by atoms with Crippen molar-refractivity contribution in [1.29, 1.82) is 0 Å². The van der Waals surface area contributed by atoms with E-state index < -0.39 is 29.7 Å². The van der Waals surface area contributed by atoms with E-state index in [1.165, 1.54) is 12.3 Å². The standard InChI is InChI=1S/C17H15F3N4O4/c18-17(19,20)14(26)28-16(4-6-24(13(16)25)15(22)27)8-9-1-2-12-10(7-9)11(21)3-5-23-12/h1-3,5,7H,4,6,8H2,(H2,21,23)(H2,22,27)/t16-/m1/s1. The van der Waals surface area contributed by atoms with Gasteiger partial charge >= 0.3 is 18.2 Å². The molecule has 1 fully saturated rings. The van der Waals surface area contributed by atoms with Crippen molar-refractivity contribution in [3.8, 4) is 0 Å². The van der Waals surface area contributed by atoms with Crippen LogP contribution in [0.4, 0.5) is 23.7 Å². The largest absolute Gasteiger partial charge is 0.490 e. The summed E-state index contributed by atoms with van der Waals surface area (Å²) in [6, 6.07) is 5.05. The molecule has 1 aromatic carbocycles. The molecule has 4 N–H and O–H groups in total. The Balaban J connectivity index is 2.01. The van der Waals surface area contributed by atoms with E-state index in [-0.39, 0.29) is 19.4 Å². The lowest BCUT2D eigenvalue weighted by Gasteiger charge is -2.28. The number of carbonyl (C=O) groups is 3. The number of primary amides is 1. The van der Waals surface area contributed by atoms with E-state index >= 15 is 0 Å². The number of urea groups is 1. The molecule has 0 spiro atoms. The van der Waals surface area contributed by atoms with Gasteiger partial charge in [-0.15, -0.1) is 0 Å². The lowest BCUT2D eigenvalue weighted by atomic mass is 9.91. The number of likely N-dealkylation sites (tertiary alicyclic amines) is 1. The van der Waals surface area contributed by atoms with E-state index in [9.17, 15) is 27.6 Å². The van der Waals surface area contributed by atoms with Gasteiger partial charge in [-0.05, 0) is 23.8 Å². The minimum Gasteiger partial charge on any atom is -0.442 e. The van der Waals surface area contributed by atoms with Gasteiger partial charge in [-0.3, -0.25) is 14.7 Å². The average Bonchev–Trinajstić information content (AvgIpc) is 2.91. The molecule has 0 unspecified atom stereocenters. The fourth-order valence-corrected chi connectivity index (χ4v) is 3.14. The third-order valence-electron chi connectivity index (χ3n) is 4.49. The third-order valence-corrected chi connectivity index (χ3v) is 4.49. The van der Waals surface area contributed by atoms with Crippen LogP contribution in [0.3, 0.4) is 0 Å². The highest BCUT2D eigenvalue weighted by molar-refractivity contribution is 6.01. The summed E-state index contributed by atoms with van der Waals surface area (Å²) in [5, 5.41) is 0.523. The van der Waals surface area contributed by atoms with Crippen LogP contribution in [0.15, 0.2) is 30.5 Å². The smallest absolute Gasteiger partial charge is 0.442 e. The van der Waals surface area contributed by atoms with Crippen molar-refractivity contribution in [2.75, 3.05) is 12.3 Å². The molecular weight excluding hydrogens is 381 g/mol. The molecule has 1 saturated heterocycles. The molecule has 11 heteroatoms. The Hall–Kier alpha value is -3.37. The van der Waals surface area contributed by atoms with Gasteiger partial charge in [0.1, 0.15) is 0 Å². The molecular formula is C17H15F3N4O4. The van der Waals surface area contributed by atoms with E-state index in [2.05, 4.69) is 9.72 Å². The van der Waals surface area contributed by atoms with Crippen LogP contribution >= 0.6 is 0 Å². The first-order chi connectivity index (χ1) is 13.0. The minimum atomic E-state index is -5.30. The molecule has 3 rings (SSSR count). The van der Waals surface area contributed by atoms with Crippen molar-refractivity contribution in [2.24, 2.45) is 5.73 Å². The van der Waals surface area contributed by atoms with Crippen molar-refractivity contribution >= 4 is 34.5 Å². The van der Waals surface area contributed by atoms with Gasteiger partial charge in [0, 0.05) is 36.7 Å². The summed E-state index contributed by atoms with van der Waals surface area (Å²) in [6.45, 7) is -0.267. The fourth-order valence-electron chi connectivity index (χ4n) is 3.14. The number of pyridine rings is 1. The zero-order chi connectivity index (χ0) is 20.7. The molecule has 1 aromatic heterocycles. The maximum Gasteiger partial charge on any atom is 0.490 e. The van der Waals surface area contributed by atoms with Crippen LogP contribution in [-0.4, -0.2) is 46.1 Å². The van der Waals surface area contributed by atoms with E-state index in [1.54, 1.807) is 18.2 Å². The lowest BCUT2D eigenvalue weighted by Crippen LogP contribution is -2.50. The molecule has 1 aliphatic rings. The summed E-state index contributed by atoms with van der Waals surface area (Å²) in [6.07, 6.45) is -4.51. The van der Waals surface area contributed by atoms with Gasteiger partial charge in [0.2, 0.25) is 0 Å². The number of rotatable bonds is 3. The van der Waals surface area contributed by atoms with Gasteiger partial charge in [0.05, 0.1) is 5.52 Å². The second kappa shape index (κ2) is 6.66. The number of imide groups is 1. The number of aromatic nitrogens is 1. The summed E-state index contributed by atoms with van der Waals surface area (Å²) in [7, 11) is 0. The fraction of sp³-hybridized carbons (Fsp3) is 0.294. The second-order valence-electron chi connectivity index (χ2n) is 6.36. The summed E-state index contributed by atoms with van der Waals surface area (Å²) < 4.78 is 42.8. The van der Waals surface area contributed by atoms with Crippen LogP contribution < -0.4 is 11.5 Å². The predicted molar refractivity (Wildman–Crippen MR) is 90.7 cm³/mol. The number of anilines is 1.